The Bertz CT molecular complexity index is 660. The number of hydrogen-bond acceptors (Lipinski definition) is 7. The molecule has 0 amide bonds. The van der Waals surface area contributed by atoms with E-state index in [2.05, 4.69) is 0 Å². The molecule has 0 saturated heterocycles. The zero-order valence-electron chi connectivity index (χ0n) is 19.8. The van der Waals surface area contributed by atoms with E-state index in [1.54, 1.807) is 67.8 Å². The van der Waals surface area contributed by atoms with Gasteiger partial charge in [0, 0.05) is 18.3 Å². The highest BCUT2D eigenvalue weighted by molar-refractivity contribution is 5.97. The molecular formula is C23H37NO6. The van der Waals surface area contributed by atoms with E-state index >= 15 is 0 Å². The van der Waals surface area contributed by atoms with Crippen molar-refractivity contribution in [2.75, 3.05) is 6.54 Å². The molecule has 0 aromatic rings. The summed E-state index contributed by atoms with van der Waals surface area (Å²) < 4.78 is 16.4. The second-order valence-corrected chi connectivity index (χ2v) is 9.72. The predicted octanol–water partition coefficient (Wildman–Crippen LogP) is 4.12. The Kier molecular flexibility index (Phi) is 8.69. The molecule has 1 aliphatic rings. The van der Waals surface area contributed by atoms with E-state index < -0.39 is 35.0 Å². The van der Waals surface area contributed by atoms with E-state index in [4.69, 9.17) is 14.2 Å². The number of carbonyl (C=O) groups is 3. The topological polar surface area (TPSA) is 82.1 Å². The second-order valence-electron chi connectivity index (χ2n) is 9.72. The zero-order valence-corrected chi connectivity index (χ0v) is 19.8. The third kappa shape index (κ3) is 8.59. The van der Waals surface area contributed by atoms with Gasteiger partial charge < -0.3 is 19.1 Å². The molecule has 0 fully saturated rings. The van der Waals surface area contributed by atoms with Crippen LogP contribution in [0.15, 0.2) is 23.5 Å². The van der Waals surface area contributed by atoms with Crippen LogP contribution in [-0.4, -0.2) is 46.7 Å². The van der Waals surface area contributed by atoms with Crippen molar-refractivity contribution in [2.24, 2.45) is 5.92 Å². The van der Waals surface area contributed by atoms with Gasteiger partial charge in [-0.2, -0.15) is 0 Å². The molecule has 1 rings (SSSR count). The molecule has 30 heavy (non-hydrogen) atoms. The molecule has 0 spiro atoms. The Morgan fingerprint density at radius 3 is 1.70 bits per heavy atom. The van der Waals surface area contributed by atoms with Crippen LogP contribution in [0.1, 0.15) is 75.2 Å². The lowest BCUT2D eigenvalue weighted by Crippen LogP contribution is -2.36. The van der Waals surface area contributed by atoms with Crippen molar-refractivity contribution in [1.29, 1.82) is 0 Å². The van der Waals surface area contributed by atoms with E-state index in [9.17, 15) is 14.4 Å². The number of ether oxygens (including phenoxy) is 3. The van der Waals surface area contributed by atoms with Gasteiger partial charge in [-0.3, -0.25) is 4.79 Å². The van der Waals surface area contributed by atoms with Crippen LogP contribution in [0.5, 0.6) is 0 Å². The summed E-state index contributed by atoms with van der Waals surface area (Å²) in [7, 11) is 0. The van der Waals surface area contributed by atoms with Gasteiger partial charge in [0.2, 0.25) is 0 Å². The molecule has 0 atom stereocenters. The van der Waals surface area contributed by atoms with Crippen molar-refractivity contribution >= 4 is 17.9 Å². The first-order valence-corrected chi connectivity index (χ1v) is 10.5. The molecule has 170 valence electrons. The summed E-state index contributed by atoms with van der Waals surface area (Å²) >= 11 is 0. The maximum absolute atomic E-state index is 12.9. The van der Waals surface area contributed by atoms with Crippen LogP contribution in [0.4, 0.5) is 0 Å². The molecule has 0 aromatic heterocycles. The summed E-state index contributed by atoms with van der Waals surface area (Å²) in [6.45, 7) is 16.1. The van der Waals surface area contributed by atoms with Gasteiger partial charge in [0.15, 0.2) is 0 Å². The fourth-order valence-corrected chi connectivity index (χ4v) is 2.95. The minimum Gasteiger partial charge on any atom is -0.462 e. The standard InChI is InChI=1S/C23H37NO6/c1-10-11-16-17(20(26)29-22(4,5)6)12-24(14-19(25)28-15(2)3)13-18(16)21(27)30-23(7,8)9/h12-13,15-16H,10-11,14H2,1-9H3. The lowest BCUT2D eigenvalue weighted by atomic mass is 9.85. The summed E-state index contributed by atoms with van der Waals surface area (Å²) in [5.74, 6) is -1.97. The molecule has 0 bridgehead atoms. The van der Waals surface area contributed by atoms with Gasteiger partial charge >= 0.3 is 17.9 Å². The number of esters is 3. The predicted molar refractivity (Wildman–Crippen MR) is 114 cm³/mol. The van der Waals surface area contributed by atoms with Gasteiger partial charge in [-0.1, -0.05) is 13.3 Å². The van der Waals surface area contributed by atoms with Crippen molar-refractivity contribution in [3.8, 4) is 0 Å². The van der Waals surface area contributed by atoms with Crippen molar-refractivity contribution in [1.82, 2.24) is 4.90 Å². The Morgan fingerprint density at radius 2 is 1.37 bits per heavy atom. The van der Waals surface area contributed by atoms with Gasteiger partial charge in [-0.15, -0.1) is 0 Å². The van der Waals surface area contributed by atoms with Crippen LogP contribution >= 0.6 is 0 Å². The molecule has 1 heterocycles. The fourth-order valence-electron chi connectivity index (χ4n) is 2.95. The Hall–Kier alpha value is -2.31. The third-order valence-corrected chi connectivity index (χ3v) is 3.89. The number of rotatable bonds is 7. The monoisotopic (exact) mass is 423 g/mol. The molecule has 0 saturated carbocycles. The summed E-state index contributed by atoms with van der Waals surface area (Å²) in [6, 6.07) is 0. The highest BCUT2D eigenvalue weighted by Gasteiger charge is 2.36. The van der Waals surface area contributed by atoms with Crippen molar-refractivity contribution < 1.29 is 28.6 Å². The first-order chi connectivity index (χ1) is 13.6. The molecule has 0 radical (unpaired) electrons. The minimum atomic E-state index is -0.691. The summed E-state index contributed by atoms with van der Waals surface area (Å²) in [5.41, 5.74) is -0.730. The Morgan fingerprint density at radius 1 is 0.933 bits per heavy atom. The SMILES string of the molecule is CCCC1C(C(=O)OC(C)(C)C)=CN(CC(=O)OC(C)C)C=C1C(=O)OC(C)(C)C. The largest absolute Gasteiger partial charge is 0.462 e. The molecular weight excluding hydrogens is 386 g/mol. The lowest BCUT2D eigenvalue weighted by molar-refractivity contribution is -0.153. The van der Waals surface area contributed by atoms with Crippen molar-refractivity contribution in [3.63, 3.8) is 0 Å². The van der Waals surface area contributed by atoms with Crippen LogP contribution < -0.4 is 0 Å². The quantitative estimate of drug-likeness (QED) is 0.450. The number of nitrogens with zero attached hydrogens (tertiary/aromatic N) is 1. The number of carbonyl (C=O) groups excluding carboxylic acids is 3. The molecule has 0 aromatic carbocycles. The van der Waals surface area contributed by atoms with Crippen LogP contribution in [-0.2, 0) is 28.6 Å². The van der Waals surface area contributed by atoms with Gasteiger partial charge in [0.25, 0.3) is 0 Å². The van der Waals surface area contributed by atoms with Crippen LogP contribution in [0, 0.1) is 5.92 Å². The Balaban J connectivity index is 3.34. The lowest BCUT2D eigenvalue weighted by Gasteiger charge is -2.32. The summed E-state index contributed by atoms with van der Waals surface area (Å²) in [5, 5.41) is 0. The smallest absolute Gasteiger partial charge is 0.336 e. The average Bonchev–Trinajstić information content (AvgIpc) is 2.51. The van der Waals surface area contributed by atoms with Gasteiger partial charge in [-0.25, -0.2) is 9.59 Å². The highest BCUT2D eigenvalue weighted by atomic mass is 16.6. The molecule has 7 heteroatoms. The van der Waals surface area contributed by atoms with Gasteiger partial charge in [-0.05, 0) is 61.8 Å². The van der Waals surface area contributed by atoms with E-state index in [1.807, 2.05) is 6.92 Å². The van der Waals surface area contributed by atoms with Crippen LogP contribution in [0.3, 0.4) is 0 Å². The zero-order chi connectivity index (χ0) is 23.3. The number of hydrogen-bond donors (Lipinski definition) is 0. The van der Waals surface area contributed by atoms with Crippen LogP contribution in [0.2, 0.25) is 0 Å². The second kappa shape index (κ2) is 10.1. The maximum Gasteiger partial charge on any atom is 0.336 e. The molecule has 0 unspecified atom stereocenters. The van der Waals surface area contributed by atoms with E-state index in [1.165, 1.54) is 4.90 Å². The first-order valence-electron chi connectivity index (χ1n) is 10.5. The van der Waals surface area contributed by atoms with Gasteiger partial charge in [0.1, 0.15) is 17.7 Å². The molecule has 0 aliphatic carbocycles. The van der Waals surface area contributed by atoms with E-state index in [0.717, 1.165) is 6.42 Å². The normalized spacial score (nSPS) is 15.5. The first kappa shape index (κ1) is 25.7. The highest BCUT2D eigenvalue weighted by Crippen LogP contribution is 2.33. The third-order valence-electron chi connectivity index (χ3n) is 3.89. The minimum absolute atomic E-state index is 0.129. The molecule has 1 aliphatic heterocycles. The molecule has 0 N–H and O–H groups in total. The summed E-state index contributed by atoms with van der Waals surface area (Å²) in [4.78, 5) is 39.6. The Labute approximate surface area is 180 Å². The summed E-state index contributed by atoms with van der Waals surface area (Å²) in [6.07, 6.45) is 4.20. The maximum atomic E-state index is 12.9. The van der Waals surface area contributed by atoms with E-state index in [-0.39, 0.29) is 12.6 Å². The van der Waals surface area contributed by atoms with Crippen molar-refractivity contribution in [3.05, 3.63) is 23.5 Å². The van der Waals surface area contributed by atoms with Gasteiger partial charge in [0.05, 0.1) is 17.3 Å². The fraction of sp³-hybridized carbons (Fsp3) is 0.696. The van der Waals surface area contributed by atoms with Crippen LogP contribution in [0.25, 0.3) is 0 Å². The average molecular weight is 424 g/mol. The molecule has 7 nitrogen and oxygen atoms in total. The van der Waals surface area contributed by atoms with Crippen molar-refractivity contribution in [2.45, 2.75) is 92.5 Å². The van der Waals surface area contributed by atoms with E-state index in [0.29, 0.717) is 17.6 Å².